The highest BCUT2D eigenvalue weighted by molar-refractivity contribution is 5.95. The van der Waals surface area contributed by atoms with Crippen LogP contribution in [-0.4, -0.2) is 37.5 Å². The van der Waals surface area contributed by atoms with E-state index in [1.807, 2.05) is 0 Å². The predicted molar refractivity (Wildman–Crippen MR) is 78.8 cm³/mol. The van der Waals surface area contributed by atoms with Gasteiger partial charge in [0.15, 0.2) is 0 Å². The van der Waals surface area contributed by atoms with Gasteiger partial charge >= 0.3 is 0 Å². The summed E-state index contributed by atoms with van der Waals surface area (Å²) in [7, 11) is 3.22. The van der Waals surface area contributed by atoms with E-state index in [-0.39, 0.29) is 12.1 Å². The van der Waals surface area contributed by atoms with Crippen LogP contribution >= 0.6 is 0 Å². The van der Waals surface area contributed by atoms with Crippen LogP contribution in [-0.2, 0) is 13.6 Å². The van der Waals surface area contributed by atoms with Gasteiger partial charge in [0.25, 0.3) is 17.3 Å². The Bertz CT molecular complexity index is 753. The lowest BCUT2D eigenvalue weighted by Gasteiger charge is -2.15. The lowest BCUT2D eigenvalue weighted by atomic mass is 10.1. The molecule has 0 saturated heterocycles. The van der Waals surface area contributed by atoms with Crippen molar-refractivity contribution in [3.63, 3.8) is 0 Å². The zero-order valence-electron chi connectivity index (χ0n) is 12.4. The Morgan fingerprint density at radius 3 is 2.22 bits per heavy atom. The van der Waals surface area contributed by atoms with Crippen LogP contribution in [0.1, 0.15) is 16.1 Å². The molecule has 23 heavy (non-hydrogen) atoms. The Labute approximate surface area is 130 Å². The summed E-state index contributed by atoms with van der Waals surface area (Å²) in [6, 6.07) is 4.57. The number of rotatable bonds is 5. The SMILES string of the molecule is CN(Cc1ccn(C)n1)C(=O)c1cc([N+](=O)[O-])cc([N+](=O)[O-])c1. The zero-order chi connectivity index (χ0) is 17.1. The van der Waals surface area contributed by atoms with E-state index in [1.54, 1.807) is 24.0 Å². The number of hydrogen-bond acceptors (Lipinski definition) is 6. The van der Waals surface area contributed by atoms with Crippen molar-refractivity contribution in [3.05, 3.63) is 61.9 Å². The van der Waals surface area contributed by atoms with Gasteiger partial charge in [0, 0.05) is 32.4 Å². The zero-order valence-corrected chi connectivity index (χ0v) is 12.4. The van der Waals surface area contributed by atoms with Gasteiger partial charge in [-0.05, 0) is 6.07 Å². The Hall–Kier alpha value is -3.30. The molecule has 0 fully saturated rings. The van der Waals surface area contributed by atoms with Crippen molar-refractivity contribution in [1.82, 2.24) is 14.7 Å². The molecule has 1 aromatic carbocycles. The van der Waals surface area contributed by atoms with Gasteiger partial charge in [-0.25, -0.2) is 0 Å². The number of carbonyl (C=O) groups is 1. The number of benzene rings is 1. The second kappa shape index (κ2) is 6.22. The molecule has 1 aromatic heterocycles. The number of non-ortho nitro benzene ring substituents is 2. The second-order valence-electron chi connectivity index (χ2n) is 4.89. The summed E-state index contributed by atoms with van der Waals surface area (Å²) in [5.74, 6) is -0.567. The summed E-state index contributed by atoms with van der Waals surface area (Å²) < 4.78 is 1.58. The maximum atomic E-state index is 12.4. The molecule has 0 aliphatic carbocycles. The minimum absolute atomic E-state index is 0.121. The van der Waals surface area contributed by atoms with Gasteiger partial charge < -0.3 is 4.90 Å². The summed E-state index contributed by atoms with van der Waals surface area (Å²) in [4.78, 5) is 33.8. The first-order valence-electron chi connectivity index (χ1n) is 6.46. The van der Waals surface area contributed by atoms with Crippen molar-refractivity contribution in [2.75, 3.05) is 7.05 Å². The number of aryl methyl sites for hydroxylation is 1. The fourth-order valence-corrected chi connectivity index (χ4v) is 2.01. The first-order chi connectivity index (χ1) is 10.8. The van der Waals surface area contributed by atoms with Crippen molar-refractivity contribution >= 4 is 17.3 Å². The Morgan fingerprint density at radius 2 is 1.78 bits per heavy atom. The Kier molecular flexibility index (Phi) is 4.35. The summed E-state index contributed by atoms with van der Waals surface area (Å²) in [6.45, 7) is 0.177. The maximum absolute atomic E-state index is 12.4. The summed E-state index contributed by atoms with van der Waals surface area (Å²) >= 11 is 0. The van der Waals surface area contributed by atoms with Gasteiger partial charge in [-0.1, -0.05) is 0 Å². The van der Waals surface area contributed by atoms with Crippen LogP contribution in [0.15, 0.2) is 30.5 Å². The molecule has 0 unspecified atom stereocenters. The molecule has 0 spiro atoms. The van der Waals surface area contributed by atoms with Crippen LogP contribution in [0, 0.1) is 20.2 Å². The molecule has 0 saturated carbocycles. The number of nitrogens with zero attached hydrogens (tertiary/aromatic N) is 5. The monoisotopic (exact) mass is 319 g/mol. The average Bonchev–Trinajstić information content (AvgIpc) is 2.90. The van der Waals surface area contributed by atoms with E-state index in [0.29, 0.717) is 5.69 Å². The minimum atomic E-state index is -0.775. The van der Waals surface area contributed by atoms with Gasteiger partial charge in [0.2, 0.25) is 0 Å². The van der Waals surface area contributed by atoms with Gasteiger partial charge in [0.05, 0.1) is 33.7 Å². The minimum Gasteiger partial charge on any atom is -0.336 e. The molecule has 0 aliphatic heterocycles. The molecule has 0 atom stereocenters. The number of carbonyl (C=O) groups excluding carboxylic acids is 1. The normalized spacial score (nSPS) is 10.3. The summed E-state index contributed by atoms with van der Waals surface area (Å²) in [5.41, 5.74) is -0.504. The van der Waals surface area contributed by atoms with E-state index in [0.717, 1.165) is 18.2 Å². The first-order valence-corrected chi connectivity index (χ1v) is 6.46. The molecule has 0 N–H and O–H groups in total. The predicted octanol–water partition coefficient (Wildman–Crippen LogP) is 1.51. The second-order valence-corrected chi connectivity index (χ2v) is 4.89. The van der Waals surface area contributed by atoms with Crippen LogP contribution in [0.3, 0.4) is 0 Å². The van der Waals surface area contributed by atoms with Gasteiger partial charge in [-0.15, -0.1) is 0 Å². The van der Waals surface area contributed by atoms with Gasteiger partial charge in [-0.3, -0.25) is 29.7 Å². The van der Waals surface area contributed by atoms with Crippen molar-refractivity contribution in [2.45, 2.75) is 6.54 Å². The molecular formula is C13H13N5O5. The Morgan fingerprint density at radius 1 is 1.22 bits per heavy atom. The summed E-state index contributed by atoms with van der Waals surface area (Å²) in [5, 5.41) is 25.8. The highest BCUT2D eigenvalue weighted by Crippen LogP contribution is 2.23. The van der Waals surface area contributed by atoms with E-state index in [1.165, 1.54) is 11.9 Å². The molecular weight excluding hydrogens is 306 g/mol. The van der Waals surface area contributed by atoms with Crippen molar-refractivity contribution in [3.8, 4) is 0 Å². The molecule has 2 aromatic rings. The highest BCUT2D eigenvalue weighted by Gasteiger charge is 2.22. The summed E-state index contributed by atoms with van der Waals surface area (Å²) in [6.07, 6.45) is 1.71. The van der Waals surface area contributed by atoms with Crippen LogP contribution in [0.25, 0.3) is 0 Å². The maximum Gasteiger partial charge on any atom is 0.277 e. The van der Waals surface area contributed by atoms with Crippen molar-refractivity contribution in [2.24, 2.45) is 7.05 Å². The molecule has 10 nitrogen and oxygen atoms in total. The quantitative estimate of drug-likeness (QED) is 0.607. The number of aromatic nitrogens is 2. The molecule has 0 radical (unpaired) electrons. The number of nitro benzene ring substituents is 2. The number of hydrogen-bond donors (Lipinski definition) is 0. The lowest BCUT2D eigenvalue weighted by Crippen LogP contribution is -2.26. The molecule has 10 heteroatoms. The largest absolute Gasteiger partial charge is 0.336 e. The van der Waals surface area contributed by atoms with Crippen LogP contribution in [0.4, 0.5) is 11.4 Å². The topological polar surface area (TPSA) is 124 Å². The molecule has 0 aliphatic rings. The van der Waals surface area contributed by atoms with Crippen LogP contribution in [0.5, 0.6) is 0 Å². The smallest absolute Gasteiger partial charge is 0.277 e. The molecule has 1 heterocycles. The van der Waals surface area contributed by atoms with E-state index in [2.05, 4.69) is 5.10 Å². The van der Waals surface area contributed by atoms with Crippen molar-refractivity contribution in [1.29, 1.82) is 0 Å². The standard InChI is InChI=1S/C13H13N5O5/c1-15(8-10-3-4-16(2)14-10)13(19)9-5-11(17(20)21)7-12(6-9)18(22)23/h3-7H,8H2,1-2H3. The molecule has 2 rings (SSSR count). The third-order valence-corrected chi connectivity index (χ3v) is 3.09. The lowest BCUT2D eigenvalue weighted by molar-refractivity contribution is -0.394. The highest BCUT2D eigenvalue weighted by atomic mass is 16.6. The molecule has 120 valence electrons. The number of amides is 1. The van der Waals surface area contributed by atoms with E-state index >= 15 is 0 Å². The van der Waals surface area contributed by atoms with Gasteiger partial charge in [-0.2, -0.15) is 5.10 Å². The van der Waals surface area contributed by atoms with Crippen LogP contribution < -0.4 is 0 Å². The van der Waals surface area contributed by atoms with Gasteiger partial charge in [0.1, 0.15) is 0 Å². The van der Waals surface area contributed by atoms with E-state index in [4.69, 9.17) is 0 Å². The van der Waals surface area contributed by atoms with Crippen LogP contribution in [0.2, 0.25) is 0 Å². The average molecular weight is 319 g/mol. The Balaban J connectivity index is 2.30. The number of nitro groups is 2. The molecule has 0 bridgehead atoms. The molecule has 1 amide bonds. The first kappa shape index (κ1) is 16.1. The third kappa shape index (κ3) is 3.67. The van der Waals surface area contributed by atoms with Crippen molar-refractivity contribution < 1.29 is 14.6 Å². The fourth-order valence-electron chi connectivity index (χ4n) is 2.01. The van der Waals surface area contributed by atoms with E-state index < -0.39 is 27.1 Å². The van der Waals surface area contributed by atoms with E-state index in [9.17, 15) is 25.0 Å². The third-order valence-electron chi connectivity index (χ3n) is 3.09. The fraction of sp³-hybridized carbons (Fsp3) is 0.231.